The number of hydrogen-bond donors (Lipinski definition) is 1. The summed E-state index contributed by atoms with van der Waals surface area (Å²) in [6.45, 7) is 6.25. The Bertz CT molecular complexity index is 258. The molecule has 1 saturated heterocycles. The van der Waals surface area contributed by atoms with Gasteiger partial charge in [-0.3, -0.25) is 9.59 Å². The molecule has 0 aromatic carbocycles. The average molecular weight is 230 g/mol. The lowest BCUT2D eigenvalue weighted by molar-refractivity contribution is -0.147. The van der Waals surface area contributed by atoms with Crippen LogP contribution in [0.25, 0.3) is 0 Å². The summed E-state index contributed by atoms with van der Waals surface area (Å²) in [5.41, 5.74) is 0. The van der Waals surface area contributed by atoms with Crippen molar-refractivity contribution in [2.24, 2.45) is 0 Å². The minimum Gasteiger partial charge on any atom is -0.343 e. The first-order valence-corrected chi connectivity index (χ1v) is 6.42. The van der Waals surface area contributed by atoms with Crippen molar-refractivity contribution >= 4 is 23.6 Å². The summed E-state index contributed by atoms with van der Waals surface area (Å²) in [6, 6.07) is -0.702. The van der Waals surface area contributed by atoms with Crippen LogP contribution in [0.1, 0.15) is 20.8 Å². The molecule has 0 bridgehead atoms. The standard InChI is InChI=1S/C10H18N2O2S/c1-4-15-6-5-12-8(3)9(13)11-7(2)10(12)14/h7-8H,4-6H2,1-3H3,(H,11,13). The maximum atomic E-state index is 11.8. The second-order valence-corrected chi connectivity index (χ2v) is 5.03. The second-order valence-electron chi connectivity index (χ2n) is 3.63. The number of piperazine rings is 1. The van der Waals surface area contributed by atoms with Gasteiger partial charge in [-0.1, -0.05) is 6.92 Å². The molecule has 1 heterocycles. The molecule has 0 aromatic heterocycles. The van der Waals surface area contributed by atoms with Crippen molar-refractivity contribution in [2.75, 3.05) is 18.1 Å². The third kappa shape index (κ3) is 2.87. The lowest BCUT2D eigenvalue weighted by Gasteiger charge is -2.36. The summed E-state index contributed by atoms with van der Waals surface area (Å²) in [5.74, 6) is 1.91. The van der Waals surface area contributed by atoms with Crippen LogP contribution in [0.3, 0.4) is 0 Å². The van der Waals surface area contributed by atoms with E-state index in [0.29, 0.717) is 6.54 Å². The summed E-state index contributed by atoms with van der Waals surface area (Å²) in [7, 11) is 0. The highest BCUT2D eigenvalue weighted by Crippen LogP contribution is 2.11. The van der Waals surface area contributed by atoms with Crippen LogP contribution in [0, 0.1) is 0 Å². The number of amides is 2. The van der Waals surface area contributed by atoms with Crippen LogP contribution in [0.4, 0.5) is 0 Å². The number of carbonyl (C=O) groups is 2. The zero-order valence-corrected chi connectivity index (χ0v) is 10.3. The van der Waals surface area contributed by atoms with Crippen LogP contribution < -0.4 is 5.32 Å². The fourth-order valence-electron chi connectivity index (χ4n) is 1.59. The lowest BCUT2D eigenvalue weighted by atomic mass is 10.1. The van der Waals surface area contributed by atoms with Gasteiger partial charge >= 0.3 is 0 Å². The van der Waals surface area contributed by atoms with Crippen molar-refractivity contribution in [1.29, 1.82) is 0 Å². The monoisotopic (exact) mass is 230 g/mol. The van der Waals surface area contributed by atoms with Crippen molar-refractivity contribution in [3.05, 3.63) is 0 Å². The molecule has 1 rings (SSSR count). The molecule has 0 saturated carbocycles. The molecule has 4 nitrogen and oxygen atoms in total. The van der Waals surface area contributed by atoms with Gasteiger partial charge < -0.3 is 10.2 Å². The van der Waals surface area contributed by atoms with E-state index in [0.717, 1.165) is 11.5 Å². The predicted molar refractivity (Wildman–Crippen MR) is 61.8 cm³/mol. The third-order valence-corrected chi connectivity index (χ3v) is 3.42. The molecule has 2 amide bonds. The number of nitrogens with one attached hydrogen (secondary N) is 1. The molecule has 0 spiro atoms. The van der Waals surface area contributed by atoms with Crippen LogP contribution in [0.15, 0.2) is 0 Å². The molecule has 1 fully saturated rings. The Morgan fingerprint density at radius 2 is 2.07 bits per heavy atom. The van der Waals surface area contributed by atoms with Crippen molar-refractivity contribution in [3.63, 3.8) is 0 Å². The van der Waals surface area contributed by atoms with E-state index in [9.17, 15) is 9.59 Å². The number of rotatable bonds is 4. The Morgan fingerprint density at radius 1 is 1.40 bits per heavy atom. The van der Waals surface area contributed by atoms with E-state index in [-0.39, 0.29) is 23.9 Å². The molecule has 0 aliphatic carbocycles. The average Bonchev–Trinajstić information content (AvgIpc) is 2.20. The highest BCUT2D eigenvalue weighted by Gasteiger charge is 2.34. The van der Waals surface area contributed by atoms with E-state index in [1.807, 2.05) is 0 Å². The fourth-order valence-corrected chi connectivity index (χ4v) is 2.20. The maximum absolute atomic E-state index is 11.8. The summed E-state index contributed by atoms with van der Waals surface area (Å²) < 4.78 is 0. The molecule has 2 unspecified atom stereocenters. The largest absolute Gasteiger partial charge is 0.343 e. The number of hydrogen-bond acceptors (Lipinski definition) is 3. The van der Waals surface area contributed by atoms with E-state index in [1.54, 1.807) is 30.5 Å². The van der Waals surface area contributed by atoms with Gasteiger partial charge in [0.2, 0.25) is 11.8 Å². The van der Waals surface area contributed by atoms with Crippen LogP contribution in [0.5, 0.6) is 0 Å². The molecule has 1 aliphatic heterocycles. The van der Waals surface area contributed by atoms with E-state index >= 15 is 0 Å². The molecular weight excluding hydrogens is 212 g/mol. The third-order valence-electron chi connectivity index (χ3n) is 2.54. The second kappa shape index (κ2) is 5.39. The van der Waals surface area contributed by atoms with Crippen LogP contribution in [-0.2, 0) is 9.59 Å². The topological polar surface area (TPSA) is 49.4 Å². The van der Waals surface area contributed by atoms with Crippen molar-refractivity contribution in [1.82, 2.24) is 10.2 Å². The highest BCUT2D eigenvalue weighted by molar-refractivity contribution is 7.99. The SMILES string of the molecule is CCSCCN1C(=O)C(C)NC(=O)C1C. The number of nitrogens with zero attached hydrogens (tertiary/aromatic N) is 1. The first kappa shape index (κ1) is 12.4. The quantitative estimate of drug-likeness (QED) is 0.714. The lowest BCUT2D eigenvalue weighted by Crippen LogP contribution is -2.61. The van der Waals surface area contributed by atoms with Gasteiger partial charge in [-0.05, 0) is 19.6 Å². The van der Waals surface area contributed by atoms with E-state index in [4.69, 9.17) is 0 Å². The van der Waals surface area contributed by atoms with Crippen LogP contribution >= 0.6 is 11.8 Å². The van der Waals surface area contributed by atoms with Gasteiger partial charge in [0.1, 0.15) is 12.1 Å². The molecular formula is C10H18N2O2S. The van der Waals surface area contributed by atoms with Crippen LogP contribution in [-0.4, -0.2) is 46.8 Å². The van der Waals surface area contributed by atoms with E-state index in [2.05, 4.69) is 12.2 Å². The Hall–Kier alpha value is -0.710. The molecule has 0 radical (unpaired) electrons. The Morgan fingerprint density at radius 3 is 2.67 bits per heavy atom. The van der Waals surface area contributed by atoms with Crippen molar-refractivity contribution in [3.8, 4) is 0 Å². The van der Waals surface area contributed by atoms with Crippen LogP contribution in [0.2, 0.25) is 0 Å². The number of thioether (sulfide) groups is 1. The summed E-state index contributed by atoms with van der Waals surface area (Å²) in [6.07, 6.45) is 0. The van der Waals surface area contributed by atoms with Gasteiger partial charge in [0, 0.05) is 12.3 Å². The Labute approximate surface area is 94.8 Å². The van der Waals surface area contributed by atoms with Gasteiger partial charge in [-0.15, -0.1) is 0 Å². The van der Waals surface area contributed by atoms with E-state index in [1.165, 1.54) is 0 Å². The Kier molecular flexibility index (Phi) is 4.45. The molecule has 5 heteroatoms. The zero-order valence-electron chi connectivity index (χ0n) is 9.45. The minimum absolute atomic E-state index is 0.0267. The molecule has 2 atom stereocenters. The first-order chi connectivity index (χ1) is 7.07. The first-order valence-electron chi connectivity index (χ1n) is 5.26. The van der Waals surface area contributed by atoms with Gasteiger partial charge in [-0.2, -0.15) is 11.8 Å². The molecule has 0 aromatic rings. The van der Waals surface area contributed by atoms with Gasteiger partial charge in [0.05, 0.1) is 0 Å². The van der Waals surface area contributed by atoms with Gasteiger partial charge in [-0.25, -0.2) is 0 Å². The maximum Gasteiger partial charge on any atom is 0.245 e. The van der Waals surface area contributed by atoms with Gasteiger partial charge in [0.15, 0.2) is 0 Å². The van der Waals surface area contributed by atoms with E-state index < -0.39 is 0 Å². The smallest absolute Gasteiger partial charge is 0.245 e. The predicted octanol–water partition coefficient (Wildman–Crippen LogP) is 0.475. The minimum atomic E-state index is -0.375. The summed E-state index contributed by atoms with van der Waals surface area (Å²) in [4.78, 5) is 24.9. The summed E-state index contributed by atoms with van der Waals surface area (Å²) >= 11 is 1.78. The summed E-state index contributed by atoms with van der Waals surface area (Å²) in [5, 5.41) is 2.66. The Balaban J connectivity index is 2.57. The van der Waals surface area contributed by atoms with Crippen molar-refractivity contribution < 1.29 is 9.59 Å². The molecule has 1 aliphatic rings. The van der Waals surface area contributed by atoms with Gasteiger partial charge in [0.25, 0.3) is 0 Å². The molecule has 86 valence electrons. The fraction of sp³-hybridized carbons (Fsp3) is 0.800. The molecule has 1 N–H and O–H groups in total. The zero-order chi connectivity index (χ0) is 11.4. The number of carbonyl (C=O) groups excluding carboxylic acids is 2. The van der Waals surface area contributed by atoms with Crippen molar-refractivity contribution in [2.45, 2.75) is 32.9 Å². The normalized spacial score (nSPS) is 26.7. The highest BCUT2D eigenvalue weighted by atomic mass is 32.2. The molecule has 15 heavy (non-hydrogen) atoms.